The summed E-state index contributed by atoms with van der Waals surface area (Å²) in [5, 5.41) is 11.1. The van der Waals surface area contributed by atoms with Gasteiger partial charge in [0.1, 0.15) is 11.5 Å². The maximum atomic E-state index is 5.22. The number of aryl methyl sites for hydroxylation is 1. The fourth-order valence-electron chi connectivity index (χ4n) is 1.64. The summed E-state index contributed by atoms with van der Waals surface area (Å²) >= 11 is 0. The molecule has 0 bridgehead atoms. The Bertz CT molecular complexity index is 472. The smallest absolute Gasteiger partial charge is 0.193 e. The zero-order chi connectivity index (χ0) is 9.54. The van der Waals surface area contributed by atoms with E-state index in [9.17, 15) is 0 Å². The molecule has 1 N–H and O–H groups in total. The lowest BCUT2D eigenvalue weighted by molar-refractivity contribution is 0.387. The molecule has 0 atom stereocenters. The van der Waals surface area contributed by atoms with Gasteiger partial charge in [-0.3, -0.25) is 0 Å². The van der Waals surface area contributed by atoms with Crippen LogP contribution in [0.2, 0.25) is 0 Å². The fraction of sp³-hybridized carbons (Fsp3) is 0.333. The molecule has 2 aromatic heterocycles. The molecule has 5 heteroatoms. The Morgan fingerprint density at radius 2 is 2.21 bits per heavy atom. The zero-order valence-corrected chi connectivity index (χ0v) is 7.70. The first-order valence-electron chi connectivity index (χ1n) is 4.46. The second kappa shape index (κ2) is 2.68. The number of nitrogens with one attached hydrogen (secondary N) is 1. The lowest BCUT2D eigenvalue weighted by Gasteiger charge is -1.90. The molecule has 1 aliphatic heterocycles. The van der Waals surface area contributed by atoms with Gasteiger partial charge in [-0.15, -0.1) is 0 Å². The van der Waals surface area contributed by atoms with Gasteiger partial charge in [-0.05, 0) is 6.92 Å². The second-order valence-electron chi connectivity index (χ2n) is 3.36. The quantitative estimate of drug-likeness (QED) is 0.734. The Kier molecular flexibility index (Phi) is 1.49. The Balaban J connectivity index is 2.12. The third kappa shape index (κ3) is 0.990. The van der Waals surface area contributed by atoms with E-state index in [1.165, 1.54) is 0 Å². The molecular weight excluding hydrogens is 182 g/mol. The number of hydrogen-bond acceptors (Lipinski definition) is 5. The number of nitrogens with zero attached hydrogens (tertiary/aromatic N) is 2. The Morgan fingerprint density at radius 1 is 1.29 bits per heavy atom. The molecule has 0 saturated carbocycles. The molecule has 3 rings (SSSR count). The van der Waals surface area contributed by atoms with Crippen molar-refractivity contribution in [2.24, 2.45) is 0 Å². The van der Waals surface area contributed by atoms with Crippen molar-refractivity contribution in [3.8, 4) is 11.5 Å². The molecule has 0 amide bonds. The molecule has 2 aromatic rings. The highest BCUT2D eigenvalue weighted by atomic mass is 16.5. The summed E-state index contributed by atoms with van der Waals surface area (Å²) in [7, 11) is 0. The first-order chi connectivity index (χ1) is 6.84. The molecule has 0 spiro atoms. The minimum absolute atomic E-state index is 0.722. The van der Waals surface area contributed by atoms with E-state index in [1.807, 2.05) is 13.0 Å². The van der Waals surface area contributed by atoms with Crippen molar-refractivity contribution in [1.82, 2.24) is 15.6 Å². The third-order valence-electron chi connectivity index (χ3n) is 2.32. The largest absolute Gasteiger partial charge is 0.361 e. The number of fused-ring (bicyclic) bond motifs is 1. The monoisotopic (exact) mass is 191 g/mol. The summed E-state index contributed by atoms with van der Waals surface area (Å²) in [4.78, 5) is 0. The molecule has 0 unspecified atom stereocenters. The molecule has 0 fully saturated rings. The zero-order valence-electron chi connectivity index (χ0n) is 7.70. The topological polar surface area (TPSA) is 64.1 Å². The normalized spacial score (nSPS) is 14.6. The van der Waals surface area contributed by atoms with Crippen LogP contribution >= 0.6 is 0 Å². The number of aromatic nitrogens is 2. The number of rotatable bonds is 1. The highest BCUT2D eigenvalue weighted by molar-refractivity contribution is 5.58. The van der Waals surface area contributed by atoms with Gasteiger partial charge < -0.3 is 14.4 Å². The van der Waals surface area contributed by atoms with E-state index in [-0.39, 0.29) is 0 Å². The van der Waals surface area contributed by atoms with Crippen LogP contribution in [0.3, 0.4) is 0 Å². The Hall–Kier alpha value is -1.62. The highest BCUT2D eigenvalue weighted by Gasteiger charge is 2.23. The summed E-state index contributed by atoms with van der Waals surface area (Å²) in [6, 6.07) is 1.85. The van der Waals surface area contributed by atoms with Crippen LogP contribution in [-0.4, -0.2) is 10.3 Å². The van der Waals surface area contributed by atoms with Crippen LogP contribution in [0.1, 0.15) is 17.0 Å². The average molecular weight is 191 g/mol. The molecule has 72 valence electrons. The molecule has 14 heavy (non-hydrogen) atoms. The first kappa shape index (κ1) is 7.75. The van der Waals surface area contributed by atoms with E-state index in [1.54, 1.807) is 0 Å². The van der Waals surface area contributed by atoms with Crippen LogP contribution in [0.5, 0.6) is 0 Å². The molecule has 3 heterocycles. The van der Waals surface area contributed by atoms with Gasteiger partial charge >= 0.3 is 0 Å². The molecule has 0 aromatic carbocycles. The van der Waals surface area contributed by atoms with Crippen molar-refractivity contribution in [2.75, 3.05) is 0 Å². The van der Waals surface area contributed by atoms with Crippen LogP contribution in [0, 0.1) is 6.92 Å². The second-order valence-corrected chi connectivity index (χ2v) is 3.36. The van der Waals surface area contributed by atoms with Crippen molar-refractivity contribution in [2.45, 2.75) is 20.0 Å². The summed E-state index contributed by atoms with van der Waals surface area (Å²) < 4.78 is 10.2. The van der Waals surface area contributed by atoms with Crippen molar-refractivity contribution in [1.29, 1.82) is 0 Å². The van der Waals surface area contributed by atoms with E-state index >= 15 is 0 Å². The molecule has 0 radical (unpaired) electrons. The number of hydrogen-bond donors (Lipinski definition) is 1. The summed E-state index contributed by atoms with van der Waals surface area (Å²) in [5.74, 6) is 1.50. The molecular formula is C9H9N3O2. The standard InChI is InChI=1S/C9H9N3O2/c1-5-2-7(11-13-5)9-6-3-10-4-8(6)12-14-9/h2,10H,3-4H2,1H3. The maximum absolute atomic E-state index is 5.22. The van der Waals surface area contributed by atoms with Crippen molar-refractivity contribution < 1.29 is 9.05 Å². The van der Waals surface area contributed by atoms with E-state index in [0.717, 1.165) is 41.6 Å². The van der Waals surface area contributed by atoms with Crippen molar-refractivity contribution in [3.05, 3.63) is 23.1 Å². The van der Waals surface area contributed by atoms with Gasteiger partial charge in [0.25, 0.3) is 0 Å². The van der Waals surface area contributed by atoms with Gasteiger partial charge in [-0.2, -0.15) is 0 Å². The summed E-state index contributed by atoms with van der Waals surface area (Å²) in [5.41, 5.74) is 2.79. The predicted molar refractivity (Wildman–Crippen MR) is 47.3 cm³/mol. The van der Waals surface area contributed by atoms with Crippen molar-refractivity contribution in [3.63, 3.8) is 0 Å². The molecule has 0 aliphatic carbocycles. The summed E-state index contributed by atoms with van der Waals surface area (Å²) in [6.45, 7) is 3.42. The minimum atomic E-state index is 0.722. The molecule has 0 saturated heterocycles. The minimum Gasteiger partial charge on any atom is -0.361 e. The van der Waals surface area contributed by atoms with Crippen LogP contribution < -0.4 is 5.32 Å². The maximum Gasteiger partial charge on any atom is 0.193 e. The Morgan fingerprint density at radius 3 is 3.00 bits per heavy atom. The molecule has 5 nitrogen and oxygen atoms in total. The van der Waals surface area contributed by atoms with Gasteiger partial charge in [0, 0.05) is 24.7 Å². The average Bonchev–Trinajstić information content (AvgIpc) is 2.77. The van der Waals surface area contributed by atoms with E-state index in [0.29, 0.717) is 0 Å². The fourth-order valence-corrected chi connectivity index (χ4v) is 1.64. The van der Waals surface area contributed by atoms with Gasteiger partial charge in [-0.25, -0.2) is 0 Å². The van der Waals surface area contributed by atoms with Crippen LogP contribution in [0.4, 0.5) is 0 Å². The van der Waals surface area contributed by atoms with E-state index in [2.05, 4.69) is 15.6 Å². The van der Waals surface area contributed by atoms with Crippen LogP contribution in [-0.2, 0) is 13.1 Å². The Labute approximate surface area is 80.1 Å². The molecule has 1 aliphatic rings. The van der Waals surface area contributed by atoms with Gasteiger partial charge in [-0.1, -0.05) is 10.3 Å². The first-order valence-corrected chi connectivity index (χ1v) is 4.46. The SMILES string of the molecule is Cc1cc(-c2onc3c2CNC3)no1. The van der Waals surface area contributed by atoms with Gasteiger partial charge in [0.05, 0.1) is 0 Å². The van der Waals surface area contributed by atoms with E-state index in [4.69, 9.17) is 9.05 Å². The predicted octanol–water partition coefficient (Wildman–Crippen LogP) is 1.24. The lowest BCUT2D eigenvalue weighted by atomic mass is 10.2. The van der Waals surface area contributed by atoms with Gasteiger partial charge in [0.15, 0.2) is 11.5 Å². The summed E-state index contributed by atoms with van der Waals surface area (Å²) in [6.07, 6.45) is 0. The lowest BCUT2D eigenvalue weighted by Crippen LogP contribution is -2.01. The van der Waals surface area contributed by atoms with Crippen molar-refractivity contribution >= 4 is 0 Å². The van der Waals surface area contributed by atoms with E-state index < -0.39 is 0 Å². The van der Waals surface area contributed by atoms with Gasteiger partial charge in [0.2, 0.25) is 0 Å². The van der Waals surface area contributed by atoms with Crippen LogP contribution in [0.15, 0.2) is 15.1 Å². The highest BCUT2D eigenvalue weighted by Crippen LogP contribution is 2.28. The van der Waals surface area contributed by atoms with Crippen LogP contribution in [0.25, 0.3) is 11.5 Å². The third-order valence-corrected chi connectivity index (χ3v) is 2.32.